The maximum absolute atomic E-state index is 10.3. The van der Waals surface area contributed by atoms with Crippen molar-refractivity contribution in [1.82, 2.24) is 0 Å². The van der Waals surface area contributed by atoms with Crippen molar-refractivity contribution >= 4 is 0 Å². The van der Waals surface area contributed by atoms with E-state index in [1.54, 1.807) is 13.8 Å². The summed E-state index contributed by atoms with van der Waals surface area (Å²) < 4.78 is 0. The second-order valence-electron chi connectivity index (χ2n) is 13.0. The lowest BCUT2D eigenvalue weighted by Gasteiger charge is -2.61. The Kier molecular flexibility index (Phi) is 6.17. The van der Waals surface area contributed by atoms with Gasteiger partial charge >= 0.3 is 0 Å². The number of fused-ring (bicyclic) bond motifs is 5. The minimum atomic E-state index is -0.998. The van der Waals surface area contributed by atoms with E-state index in [-0.39, 0.29) is 6.10 Å². The number of hydrogen-bond donors (Lipinski definition) is 3. The first-order valence-corrected chi connectivity index (χ1v) is 13.1. The van der Waals surface area contributed by atoms with Crippen LogP contribution in [0.1, 0.15) is 105 Å². The lowest BCUT2D eigenvalue weighted by atomic mass is 9.44. The predicted molar refractivity (Wildman–Crippen MR) is 122 cm³/mol. The summed E-state index contributed by atoms with van der Waals surface area (Å²) in [6, 6.07) is 0. The van der Waals surface area contributed by atoms with E-state index < -0.39 is 11.7 Å². The summed E-state index contributed by atoms with van der Waals surface area (Å²) >= 11 is 0. The molecule has 174 valence electrons. The van der Waals surface area contributed by atoms with Gasteiger partial charge < -0.3 is 15.3 Å². The van der Waals surface area contributed by atoms with Gasteiger partial charge in [-0.1, -0.05) is 20.8 Å². The molecule has 0 aromatic rings. The Hall–Kier alpha value is -0.120. The molecule has 3 nitrogen and oxygen atoms in total. The lowest BCUT2D eigenvalue weighted by molar-refractivity contribution is -0.129. The van der Waals surface area contributed by atoms with Crippen molar-refractivity contribution in [3.63, 3.8) is 0 Å². The number of aliphatic hydroxyl groups excluding tert-OH is 2. The molecule has 4 aliphatic carbocycles. The summed E-state index contributed by atoms with van der Waals surface area (Å²) in [5.74, 6) is 4.74. The zero-order valence-corrected chi connectivity index (χ0v) is 20.2. The van der Waals surface area contributed by atoms with Crippen LogP contribution in [0.15, 0.2) is 0 Å². The molecule has 0 unspecified atom stereocenters. The van der Waals surface area contributed by atoms with E-state index >= 15 is 0 Å². The normalized spacial score (nSPS) is 48.4. The average Bonchev–Trinajstić information content (AvgIpc) is 3.03. The molecule has 0 radical (unpaired) electrons. The Morgan fingerprint density at radius 3 is 2.27 bits per heavy atom. The van der Waals surface area contributed by atoms with Gasteiger partial charge in [0.25, 0.3) is 0 Å². The highest BCUT2D eigenvalue weighted by Gasteiger charge is 2.60. The number of rotatable bonds is 5. The van der Waals surface area contributed by atoms with Crippen LogP contribution in [-0.2, 0) is 0 Å². The van der Waals surface area contributed by atoms with Gasteiger partial charge in [0.1, 0.15) is 0 Å². The highest BCUT2D eigenvalue weighted by atomic mass is 16.3. The fraction of sp³-hybridized carbons (Fsp3) is 1.00. The fourth-order valence-corrected chi connectivity index (χ4v) is 9.19. The number of aliphatic hydroxyl groups is 3. The van der Waals surface area contributed by atoms with Gasteiger partial charge in [-0.3, -0.25) is 0 Å². The van der Waals surface area contributed by atoms with Gasteiger partial charge in [0.15, 0.2) is 0 Å². The minimum Gasteiger partial charge on any atom is -0.393 e. The highest BCUT2D eigenvalue weighted by Crippen LogP contribution is 2.68. The molecule has 4 aliphatic rings. The molecule has 3 heteroatoms. The van der Waals surface area contributed by atoms with Crippen molar-refractivity contribution < 1.29 is 15.3 Å². The Labute approximate surface area is 185 Å². The maximum atomic E-state index is 10.3. The molecule has 30 heavy (non-hydrogen) atoms. The molecule has 4 fully saturated rings. The van der Waals surface area contributed by atoms with Crippen molar-refractivity contribution in [2.75, 3.05) is 0 Å². The fourth-order valence-electron chi connectivity index (χ4n) is 9.19. The standard InChI is InChI=1S/C27H48O3/c1-17(6-11-24(29)25(2,3)30)21-9-10-22-20-8-7-18-16-19(28)12-14-26(18,4)23(20)13-15-27(21,22)5/h17-24,28-30H,6-16H2,1-5H3/t17-,18-,19-,20+,21-,22+,23+,24-,26+,27-/m1/s1. The van der Waals surface area contributed by atoms with Crippen LogP contribution in [0.3, 0.4) is 0 Å². The van der Waals surface area contributed by atoms with E-state index in [0.29, 0.717) is 23.2 Å². The second-order valence-corrected chi connectivity index (χ2v) is 13.0. The first-order valence-electron chi connectivity index (χ1n) is 13.1. The lowest BCUT2D eigenvalue weighted by Crippen LogP contribution is -2.54. The average molecular weight is 421 g/mol. The van der Waals surface area contributed by atoms with E-state index in [2.05, 4.69) is 20.8 Å². The van der Waals surface area contributed by atoms with Crippen molar-refractivity contribution in [2.24, 2.45) is 46.3 Å². The van der Waals surface area contributed by atoms with E-state index in [1.165, 1.54) is 44.9 Å². The molecule has 3 N–H and O–H groups in total. The summed E-state index contributed by atoms with van der Waals surface area (Å²) in [6.45, 7) is 11.0. The van der Waals surface area contributed by atoms with Crippen LogP contribution in [0.2, 0.25) is 0 Å². The molecule has 0 saturated heterocycles. The van der Waals surface area contributed by atoms with Crippen molar-refractivity contribution in [2.45, 2.75) is 123 Å². The molecule has 0 aliphatic heterocycles. The maximum Gasteiger partial charge on any atom is 0.0849 e. The molecule has 0 aromatic heterocycles. The van der Waals surface area contributed by atoms with Gasteiger partial charge in [-0.25, -0.2) is 0 Å². The second kappa shape index (κ2) is 8.03. The predicted octanol–water partition coefficient (Wildman–Crippen LogP) is 5.55. The Morgan fingerprint density at radius 1 is 0.900 bits per heavy atom. The Bertz CT molecular complexity index is 612. The molecule has 0 amide bonds. The molecule has 0 heterocycles. The number of hydrogen-bond acceptors (Lipinski definition) is 3. The molecule has 4 saturated carbocycles. The van der Waals surface area contributed by atoms with E-state index in [0.717, 1.165) is 48.9 Å². The third-order valence-electron chi connectivity index (χ3n) is 11.1. The first-order chi connectivity index (χ1) is 14.0. The largest absolute Gasteiger partial charge is 0.393 e. The highest BCUT2D eigenvalue weighted by molar-refractivity contribution is 5.09. The quantitative estimate of drug-likeness (QED) is 0.546. The van der Waals surface area contributed by atoms with Crippen LogP contribution in [0, 0.1) is 46.3 Å². The van der Waals surface area contributed by atoms with Crippen LogP contribution in [0.4, 0.5) is 0 Å². The van der Waals surface area contributed by atoms with Gasteiger partial charge in [-0.2, -0.15) is 0 Å². The Morgan fingerprint density at radius 2 is 1.57 bits per heavy atom. The van der Waals surface area contributed by atoms with Crippen LogP contribution in [-0.4, -0.2) is 33.1 Å². The molecule has 4 rings (SSSR count). The third kappa shape index (κ3) is 3.79. The van der Waals surface area contributed by atoms with Gasteiger partial charge in [0.05, 0.1) is 17.8 Å². The third-order valence-corrected chi connectivity index (χ3v) is 11.1. The topological polar surface area (TPSA) is 60.7 Å². The first kappa shape index (κ1) is 23.1. The van der Waals surface area contributed by atoms with Crippen LogP contribution in [0.25, 0.3) is 0 Å². The zero-order chi connectivity index (χ0) is 21.9. The van der Waals surface area contributed by atoms with E-state index in [1.807, 2.05) is 0 Å². The monoisotopic (exact) mass is 420 g/mol. The SMILES string of the molecule is C[C@H](CC[C@@H](O)C(C)(C)O)[C@H]1CC[C@H]2[C@@H]3CC[C@@H]4C[C@H](O)CC[C@]4(C)[C@H]3CC[C@]12C. The summed E-state index contributed by atoms with van der Waals surface area (Å²) in [4.78, 5) is 0. The minimum absolute atomic E-state index is 0.0514. The van der Waals surface area contributed by atoms with E-state index in [4.69, 9.17) is 0 Å². The van der Waals surface area contributed by atoms with Crippen LogP contribution >= 0.6 is 0 Å². The summed E-state index contributed by atoms with van der Waals surface area (Å²) in [7, 11) is 0. The molecule has 10 atom stereocenters. The summed E-state index contributed by atoms with van der Waals surface area (Å²) in [5.41, 5.74) is -0.0802. The zero-order valence-electron chi connectivity index (χ0n) is 20.2. The molecular weight excluding hydrogens is 372 g/mol. The molecular formula is C27H48O3. The van der Waals surface area contributed by atoms with Gasteiger partial charge in [-0.15, -0.1) is 0 Å². The van der Waals surface area contributed by atoms with Crippen molar-refractivity contribution in [1.29, 1.82) is 0 Å². The van der Waals surface area contributed by atoms with Crippen LogP contribution < -0.4 is 0 Å². The van der Waals surface area contributed by atoms with Gasteiger partial charge in [0.2, 0.25) is 0 Å². The summed E-state index contributed by atoms with van der Waals surface area (Å²) in [5, 5.41) is 30.7. The molecule has 0 bridgehead atoms. The van der Waals surface area contributed by atoms with Crippen LogP contribution in [0.5, 0.6) is 0 Å². The van der Waals surface area contributed by atoms with Gasteiger partial charge in [0, 0.05) is 0 Å². The molecule has 0 aromatic carbocycles. The van der Waals surface area contributed by atoms with Crippen molar-refractivity contribution in [3.8, 4) is 0 Å². The van der Waals surface area contributed by atoms with Gasteiger partial charge in [-0.05, 0) is 131 Å². The summed E-state index contributed by atoms with van der Waals surface area (Å²) in [6.07, 6.45) is 12.6. The van der Waals surface area contributed by atoms with Crippen molar-refractivity contribution in [3.05, 3.63) is 0 Å². The smallest absolute Gasteiger partial charge is 0.0849 e. The molecule has 0 spiro atoms. The van der Waals surface area contributed by atoms with E-state index in [9.17, 15) is 15.3 Å². The Balaban J connectivity index is 1.45.